The van der Waals surface area contributed by atoms with Crippen LogP contribution in [0.15, 0.2) is 41.2 Å². The molecular formula is C37H40F6N6O2. The number of piperidine rings is 1. The zero-order chi connectivity index (χ0) is 36.3. The SMILES string of the molecule is Cc1noc(-c2cnc(N3CCC(c4nc5c(c(C6CCC(F)(F)CC6)c4[C@@H](F)c4ccc(C(F)(F)F)cc4)[C@@H](O)CC(C)(C)C5)CC3)nc2)n1. The van der Waals surface area contributed by atoms with Gasteiger partial charge in [-0.15, -0.1) is 0 Å². The fourth-order valence-corrected chi connectivity index (χ4v) is 8.08. The van der Waals surface area contributed by atoms with Gasteiger partial charge in [0.2, 0.25) is 11.9 Å². The van der Waals surface area contributed by atoms with Crippen LogP contribution in [-0.2, 0) is 12.6 Å². The Morgan fingerprint density at radius 2 is 1.57 bits per heavy atom. The zero-order valence-electron chi connectivity index (χ0n) is 28.7. The van der Waals surface area contributed by atoms with Crippen molar-refractivity contribution in [2.24, 2.45) is 5.41 Å². The normalized spacial score (nSPS) is 21.8. The second-order valence-corrected chi connectivity index (χ2v) is 15.0. The molecule has 7 rings (SSSR count). The molecule has 2 aliphatic carbocycles. The van der Waals surface area contributed by atoms with Gasteiger partial charge in [-0.1, -0.05) is 31.1 Å². The topological polar surface area (TPSA) is 101 Å². The highest BCUT2D eigenvalue weighted by Gasteiger charge is 2.44. The third kappa shape index (κ3) is 7.20. The molecule has 14 heteroatoms. The number of halogens is 6. The molecule has 0 spiro atoms. The molecule has 272 valence electrons. The molecule has 1 saturated carbocycles. The van der Waals surface area contributed by atoms with Crippen LogP contribution >= 0.6 is 0 Å². The van der Waals surface area contributed by atoms with E-state index in [1.807, 2.05) is 18.7 Å². The average Bonchev–Trinajstić information content (AvgIpc) is 3.52. The predicted octanol–water partition coefficient (Wildman–Crippen LogP) is 8.99. The van der Waals surface area contributed by atoms with Gasteiger partial charge in [0, 0.05) is 61.1 Å². The number of anilines is 1. The van der Waals surface area contributed by atoms with Crippen LogP contribution in [0, 0.1) is 12.3 Å². The minimum absolute atomic E-state index is 0.0152. The van der Waals surface area contributed by atoms with Gasteiger partial charge >= 0.3 is 6.18 Å². The number of rotatable bonds is 6. The Labute approximate surface area is 291 Å². The number of hydrogen-bond acceptors (Lipinski definition) is 8. The van der Waals surface area contributed by atoms with Gasteiger partial charge in [0.05, 0.1) is 22.9 Å². The summed E-state index contributed by atoms with van der Waals surface area (Å²) >= 11 is 0. The molecule has 0 radical (unpaired) electrons. The third-order valence-electron chi connectivity index (χ3n) is 10.6. The lowest BCUT2D eigenvalue weighted by Gasteiger charge is -2.41. The van der Waals surface area contributed by atoms with E-state index in [2.05, 4.69) is 20.1 Å². The quantitative estimate of drug-likeness (QED) is 0.198. The second-order valence-electron chi connectivity index (χ2n) is 15.0. The fourth-order valence-electron chi connectivity index (χ4n) is 8.08. The summed E-state index contributed by atoms with van der Waals surface area (Å²) in [5.41, 5.74) is 1.72. The summed E-state index contributed by atoms with van der Waals surface area (Å²) in [6.07, 6.45) is -2.82. The molecule has 1 aromatic carbocycles. The molecular weight excluding hydrogens is 674 g/mol. The molecule has 0 bridgehead atoms. The van der Waals surface area contributed by atoms with Crippen LogP contribution in [0.1, 0.15) is 128 Å². The maximum absolute atomic E-state index is 17.3. The van der Waals surface area contributed by atoms with E-state index < -0.39 is 35.9 Å². The summed E-state index contributed by atoms with van der Waals surface area (Å²) in [6, 6.07) is 3.98. The number of fused-ring (bicyclic) bond motifs is 1. The Hall–Kier alpha value is -4.07. The summed E-state index contributed by atoms with van der Waals surface area (Å²) in [5.74, 6) is -2.26. The summed E-state index contributed by atoms with van der Waals surface area (Å²) < 4.78 is 91.8. The number of pyridine rings is 1. The first-order chi connectivity index (χ1) is 24.1. The van der Waals surface area contributed by atoms with Crippen LogP contribution in [0.3, 0.4) is 0 Å². The van der Waals surface area contributed by atoms with E-state index in [1.165, 1.54) is 0 Å². The summed E-state index contributed by atoms with van der Waals surface area (Å²) in [5, 5.41) is 15.4. The molecule has 0 unspecified atom stereocenters. The first kappa shape index (κ1) is 35.3. The van der Waals surface area contributed by atoms with Gasteiger partial charge in [0.25, 0.3) is 5.89 Å². The smallest absolute Gasteiger partial charge is 0.388 e. The van der Waals surface area contributed by atoms with E-state index in [0.29, 0.717) is 84.5 Å². The number of nitrogens with zero attached hydrogens (tertiary/aromatic N) is 6. The lowest BCUT2D eigenvalue weighted by Crippen LogP contribution is -2.36. The number of alkyl halides is 6. The van der Waals surface area contributed by atoms with Crippen molar-refractivity contribution in [3.05, 3.63) is 81.7 Å². The molecule has 0 amide bonds. The Bertz CT molecular complexity index is 1860. The number of aliphatic hydroxyl groups excluding tert-OH is 1. The number of hydrogen-bond donors (Lipinski definition) is 1. The Morgan fingerprint density at radius 1 is 0.922 bits per heavy atom. The molecule has 4 aromatic rings. The number of aromatic nitrogens is 5. The van der Waals surface area contributed by atoms with E-state index in [-0.39, 0.29) is 48.1 Å². The van der Waals surface area contributed by atoms with E-state index >= 15 is 4.39 Å². The van der Waals surface area contributed by atoms with Crippen molar-refractivity contribution in [1.82, 2.24) is 25.1 Å². The Kier molecular flexibility index (Phi) is 9.12. The lowest BCUT2D eigenvalue weighted by atomic mass is 9.68. The van der Waals surface area contributed by atoms with Crippen molar-refractivity contribution in [2.45, 2.75) is 108 Å². The van der Waals surface area contributed by atoms with Crippen molar-refractivity contribution in [2.75, 3.05) is 18.0 Å². The minimum atomic E-state index is -4.60. The van der Waals surface area contributed by atoms with Crippen LogP contribution in [-0.4, -0.2) is 49.2 Å². The highest BCUT2D eigenvalue weighted by atomic mass is 19.4. The Balaban J connectivity index is 1.28. The molecule has 2 fully saturated rings. The third-order valence-corrected chi connectivity index (χ3v) is 10.6. The van der Waals surface area contributed by atoms with Gasteiger partial charge in [-0.25, -0.2) is 23.1 Å². The van der Waals surface area contributed by atoms with Gasteiger partial charge < -0.3 is 14.5 Å². The summed E-state index contributed by atoms with van der Waals surface area (Å²) in [6.45, 7) is 6.79. The maximum atomic E-state index is 17.3. The largest absolute Gasteiger partial charge is 0.416 e. The van der Waals surface area contributed by atoms with E-state index in [4.69, 9.17) is 9.51 Å². The summed E-state index contributed by atoms with van der Waals surface area (Å²) in [7, 11) is 0. The molecule has 3 aliphatic rings. The molecule has 1 saturated heterocycles. The molecule has 4 heterocycles. The molecule has 8 nitrogen and oxygen atoms in total. The standard InChI is InChI=1S/C37H40F6N6O2/c1-20-46-33(51-48-20)24-18-44-34(45-19-24)49-14-10-23(11-15-49)32-30(31(38)22-4-6-25(7-5-22)37(41,42)43)28(21-8-12-36(39,40)13-9-21)29-26(47-32)16-35(2,3)17-27(29)50/h4-7,18-19,21,23,27,31,50H,8-17H2,1-3H3/t27-,31-/m0/s1. The van der Waals surface area contributed by atoms with Crippen LogP contribution < -0.4 is 4.90 Å². The summed E-state index contributed by atoms with van der Waals surface area (Å²) in [4.78, 5) is 20.3. The minimum Gasteiger partial charge on any atom is -0.388 e. The molecule has 1 aliphatic heterocycles. The van der Waals surface area contributed by atoms with E-state index in [9.17, 15) is 27.1 Å². The van der Waals surface area contributed by atoms with Gasteiger partial charge in [-0.2, -0.15) is 18.2 Å². The Morgan fingerprint density at radius 3 is 2.16 bits per heavy atom. The molecule has 51 heavy (non-hydrogen) atoms. The fraction of sp³-hybridized carbons (Fsp3) is 0.541. The van der Waals surface area contributed by atoms with Gasteiger partial charge in [-0.05, 0) is 80.0 Å². The van der Waals surface area contributed by atoms with Gasteiger partial charge in [-0.3, -0.25) is 4.98 Å². The highest BCUT2D eigenvalue weighted by Crippen LogP contribution is 2.52. The van der Waals surface area contributed by atoms with Crippen molar-refractivity contribution in [1.29, 1.82) is 0 Å². The van der Waals surface area contributed by atoms with Crippen LogP contribution in [0.2, 0.25) is 0 Å². The van der Waals surface area contributed by atoms with Crippen LogP contribution in [0.25, 0.3) is 11.5 Å². The van der Waals surface area contributed by atoms with Crippen molar-refractivity contribution >= 4 is 5.95 Å². The van der Waals surface area contributed by atoms with E-state index in [0.717, 1.165) is 24.3 Å². The number of aryl methyl sites for hydroxylation is 1. The van der Waals surface area contributed by atoms with Crippen LogP contribution in [0.4, 0.5) is 32.3 Å². The zero-order valence-corrected chi connectivity index (χ0v) is 28.7. The van der Waals surface area contributed by atoms with E-state index in [1.54, 1.807) is 19.3 Å². The van der Waals surface area contributed by atoms with Crippen molar-refractivity contribution in [3.63, 3.8) is 0 Å². The average molecular weight is 715 g/mol. The van der Waals surface area contributed by atoms with Crippen molar-refractivity contribution < 1.29 is 36.0 Å². The first-order valence-electron chi connectivity index (χ1n) is 17.4. The van der Waals surface area contributed by atoms with Gasteiger partial charge in [0.1, 0.15) is 0 Å². The highest BCUT2D eigenvalue weighted by molar-refractivity contribution is 5.53. The predicted molar refractivity (Wildman–Crippen MR) is 176 cm³/mol. The number of aliphatic hydroxyl groups is 1. The second kappa shape index (κ2) is 13.2. The first-order valence-corrected chi connectivity index (χ1v) is 17.4. The molecule has 1 N–H and O–H groups in total. The van der Waals surface area contributed by atoms with Crippen molar-refractivity contribution in [3.8, 4) is 11.5 Å². The lowest BCUT2D eigenvalue weighted by molar-refractivity contribution is -0.137. The molecule has 2 atom stereocenters. The number of benzene rings is 1. The monoisotopic (exact) mass is 714 g/mol. The maximum Gasteiger partial charge on any atom is 0.416 e. The van der Waals surface area contributed by atoms with Gasteiger partial charge in [0.15, 0.2) is 12.0 Å². The molecule has 3 aromatic heterocycles. The van der Waals surface area contributed by atoms with Crippen LogP contribution in [0.5, 0.6) is 0 Å².